The summed E-state index contributed by atoms with van der Waals surface area (Å²) in [6.07, 6.45) is -2.72. The fourth-order valence-corrected chi connectivity index (χ4v) is 2.02. The van der Waals surface area contributed by atoms with Crippen molar-refractivity contribution in [2.75, 3.05) is 6.54 Å². The molecule has 1 heterocycles. The Morgan fingerprint density at radius 2 is 1.90 bits per heavy atom. The van der Waals surface area contributed by atoms with Crippen LogP contribution in [0.5, 0.6) is 0 Å². The number of benzene rings is 1. The van der Waals surface area contributed by atoms with Crippen LogP contribution in [0.25, 0.3) is 0 Å². The van der Waals surface area contributed by atoms with Crippen molar-refractivity contribution in [3.63, 3.8) is 0 Å². The largest absolute Gasteiger partial charge is 0.416 e. The van der Waals surface area contributed by atoms with Crippen molar-refractivity contribution in [2.24, 2.45) is 7.05 Å². The molecule has 7 heteroatoms. The van der Waals surface area contributed by atoms with Crippen LogP contribution < -0.4 is 5.32 Å². The van der Waals surface area contributed by atoms with Crippen LogP contribution in [0.3, 0.4) is 0 Å². The number of nitrogens with one attached hydrogen (secondary N) is 1. The van der Waals surface area contributed by atoms with Crippen molar-refractivity contribution in [1.29, 1.82) is 0 Å². The average molecular weight is 284 g/mol. The van der Waals surface area contributed by atoms with Gasteiger partial charge in [-0.05, 0) is 24.2 Å². The summed E-state index contributed by atoms with van der Waals surface area (Å²) in [4.78, 5) is 0. The first-order valence-corrected chi connectivity index (χ1v) is 6.18. The Labute approximate surface area is 114 Å². The van der Waals surface area contributed by atoms with Gasteiger partial charge in [0.05, 0.1) is 23.5 Å². The smallest absolute Gasteiger partial charge is 0.305 e. The highest BCUT2D eigenvalue weighted by Gasteiger charge is 2.30. The van der Waals surface area contributed by atoms with Gasteiger partial charge in [-0.1, -0.05) is 24.3 Å². The SMILES string of the molecule is CCNC(c1ccc(C(F)(F)F)cc1)c1cnnn1C. The molecule has 1 atom stereocenters. The van der Waals surface area contributed by atoms with E-state index in [4.69, 9.17) is 0 Å². The van der Waals surface area contributed by atoms with Crippen LogP contribution in [-0.4, -0.2) is 21.5 Å². The zero-order valence-corrected chi connectivity index (χ0v) is 11.1. The Morgan fingerprint density at radius 3 is 2.35 bits per heavy atom. The van der Waals surface area contributed by atoms with Crippen molar-refractivity contribution < 1.29 is 13.2 Å². The molecule has 1 unspecified atom stereocenters. The number of alkyl halides is 3. The number of hydrogen-bond acceptors (Lipinski definition) is 3. The van der Waals surface area contributed by atoms with E-state index in [9.17, 15) is 13.2 Å². The summed E-state index contributed by atoms with van der Waals surface area (Å²) in [6.45, 7) is 2.61. The number of hydrogen-bond donors (Lipinski definition) is 1. The van der Waals surface area contributed by atoms with Gasteiger partial charge in [0.1, 0.15) is 0 Å². The molecule has 0 aliphatic carbocycles. The summed E-state index contributed by atoms with van der Waals surface area (Å²) in [5.74, 6) is 0. The van der Waals surface area contributed by atoms with Gasteiger partial charge in [-0.25, -0.2) is 0 Å². The van der Waals surface area contributed by atoms with Crippen molar-refractivity contribution in [2.45, 2.75) is 19.1 Å². The Balaban J connectivity index is 2.33. The van der Waals surface area contributed by atoms with Gasteiger partial charge in [-0.2, -0.15) is 13.2 Å². The summed E-state index contributed by atoms with van der Waals surface area (Å²) < 4.78 is 39.3. The fourth-order valence-electron chi connectivity index (χ4n) is 2.02. The van der Waals surface area contributed by atoms with E-state index < -0.39 is 11.7 Å². The van der Waals surface area contributed by atoms with E-state index in [1.807, 2.05) is 6.92 Å². The molecule has 2 rings (SSSR count). The molecule has 0 saturated heterocycles. The van der Waals surface area contributed by atoms with E-state index in [0.29, 0.717) is 6.54 Å². The molecule has 108 valence electrons. The molecule has 2 aromatic rings. The molecule has 4 nitrogen and oxygen atoms in total. The zero-order chi connectivity index (χ0) is 14.8. The number of aryl methyl sites for hydroxylation is 1. The van der Waals surface area contributed by atoms with Gasteiger partial charge in [-0.15, -0.1) is 5.10 Å². The first kappa shape index (κ1) is 14.5. The number of aromatic nitrogens is 3. The van der Waals surface area contributed by atoms with Gasteiger partial charge in [0.25, 0.3) is 0 Å². The van der Waals surface area contributed by atoms with E-state index in [-0.39, 0.29) is 6.04 Å². The van der Waals surface area contributed by atoms with Gasteiger partial charge in [-0.3, -0.25) is 4.68 Å². The predicted molar refractivity (Wildman–Crippen MR) is 68.0 cm³/mol. The molecule has 0 aliphatic rings. The van der Waals surface area contributed by atoms with Crippen molar-refractivity contribution >= 4 is 0 Å². The Morgan fingerprint density at radius 1 is 1.25 bits per heavy atom. The molecule has 0 saturated carbocycles. The third-order valence-corrected chi connectivity index (χ3v) is 3.02. The van der Waals surface area contributed by atoms with Gasteiger partial charge < -0.3 is 5.32 Å². The molecule has 1 aromatic heterocycles. The standard InChI is InChI=1S/C13H15F3N4/c1-3-17-12(11-8-18-19-20(11)2)9-4-6-10(7-5-9)13(14,15)16/h4-8,12,17H,3H2,1-2H3. The van der Waals surface area contributed by atoms with E-state index in [1.54, 1.807) is 17.9 Å². The Hall–Kier alpha value is -1.89. The molecular weight excluding hydrogens is 269 g/mol. The van der Waals surface area contributed by atoms with Crippen LogP contribution in [-0.2, 0) is 13.2 Å². The van der Waals surface area contributed by atoms with Gasteiger partial charge in [0.15, 0.2) is 0 Å². The zero-order valence-electron chi connectivity index (χ0n) is 11.1. The fraction of sp³-hybridized carbons (Fsp3) is 0.385. The molecule has 0 amide bonds. The number of halogens is 3. The topological polar surface area (TPSA) is 42.7 Å². The van der Waals surface area contributed by atoms with Gasteiger partial charge in [0.2, 0.25) is 0 Å². The summed E-state index contributed by atoms with van der Waals surface area (Å²) in [5, 5.41) is 10.9. The van der Waals surface area contributed by atoms with Gasteiger partial charge in [0, 0.05) is 7.05 Å². The number of rotatable bonds is 4. The lowest BCUT2D eigenvalue weighted by molar-refractivity contribution is -0.137. The first-order valence-electron chi connectivity index (χ1n) is 6.18. The Kier molecular flexibility index (Phi) is 4.08. The molecule has 1 N–H and O–H groups in total. The van der Waals surface area contributed by atoms with Crippen molar-refractivity contribution in [3.8, 4) is 0 Å². The van der Waals surface area contributed by atoms with Crippen LogP contribution in [0, 0.1) is 0 Å². The minimum absolute atomic E-state index is 0.234. The molecule has 0 bridgehead atoms. The summed E-state index contributed by atoms with van der Waals surface area (Å²) in [6, 6.07) is 4.89. The lowest BCUT2D eigenvalue weighted by Gasteiger charge is -2.18. The molecular formula is C13H15F3N4. The highest BCUT2D eigenvalue weighted by Crippen LogP contribution is 2.30. The van der Waals surface area contributed by atoms with E-state index >= 15 is 0 Å². The second-order valence-electron chi connectivity index (χ2n) is 4.39. The van der Waals surface area contributed by atoms with E-state index in [1.165, 1.54) is 12.1 Å². The van der Waals surface area contributed by atoms with E-state index in [0.717, 1.165) is 23.4 Å². The average Bonchev–Trinajstić information content (AvgIpc) is 2.81. The highest BCUT2D eigenvalue weighted by atomic mass is 19.4. The molecule has 0 spiro atoms. The minimum Gasteiger partial charge on any atom is -0.305 e. The normalized spacial score (nSPS) is 13.4. The predicted octanol–water partition coefficient (Wildman–Crippen LogP) is 2.53. The van der Waals surface area contributed by atoms with Crippen LogP contribution in [0.2, 0.25) is 0 Å². The lowest BCUT2D eigenvalue weighted by atomic mass is 10.0. The summed E-state index contributed by atoms with van der Waals surface area (Å²) in [7, 11) is 1.75. The first-order chi connectivity index (χ1) is 9.43. The maximum Gasteiger partial charge on any atom is 0.416 e. The third-order valence-electron chi connectivity index (χ3n) is 3.02. The third kappa shape index (κ3) is 2.98. The number of nitrogens with zero attached hydrogens (tertiary/aromatic N) is 3. The van der Waals surface area contributed by atoms with Crippen LogP contribution in [0.1, 0.15) is 29.8 Å². The molecule has 0 fully saturated rings. The summed E-state index contributed by atoms with van der Waals surface area (Å²) >= 11 is 0. The lowest BCUT2D eigenvalue weighted by Crippen LogP contribution is -2.24. The maximum absolute atomic E-state index is 12.6. The van der Waals surface area contributed by atoms with Crippen LogP contribution in [0.4, 0.5) is 13.2 Å². The molecule has 0 radical (unpaired) electrons. The van der Waals surface area contributed by atoms with E-state index in [2.05, 4.69) is 15.6 Å². The molecule has 0 aliphatic heterocycles. The van der Waals surface area contributed by atoms with Crippen molar-refractivity contribution in [1.82, 2.24) is 20.3 Å². The monoisotopic (exact) mass is 284 g/mol. The van der Waals surface area contributed by atoms with Crippen molar-refractivity contribution in [3.05, 3.63) is 47.3 Å². The quantitative estimate of drug-likeness (QED) is 0.938. The molecule has 20 heavy (non-hydrogen) atoms. The highest BCUT2D eigenvalue weighted by molar-refractivity contribution is 5.31. The second kappa shape index (κ2) is 5.62. The molecule has 1 aromatic carbocycles. The van der Waals surface area contributed by atoms with Gasteiger partial charge >= 0.3 is 6.18 Å². The summed E-state index contributed by atoms with van der Waals surface area (Å²) in [5.41, 5.74) is 0.886. The van der Waals surface area contributed by atoms with Crippen LogP contribution in [0.15, 0.2) is 30.5 Å². The second-order valence-corrected chi connectivity index (χ2v) is 4.39. The maximum atomic E-state index is 12.6. The van der Waals surface area contributed by atoms with Crippen LogP contribution >= 0.6 is 0 Å². The minimum atomic E-state index is -4.32. The Bertz CT molecular complexity index is 560.